The van der Waals surface area contributed by atoms with Crippen LogP contribution in [0.4, 0.5) is 0 Å². The Morgan fingerprint density at radius 1 is 0.875 bits per heavy atom. The summed E-state index contributed by atoms with van der Waals surface area (Å²) in [6, 6.07) is 12.0. The van der Waals surface area contributed by atoms with E-state index in [0.717, 1.165) is 6.08 Å². The fourth-order valence-electron chi connectivity index (χ4n) is 6.65. The van der Waals surface area contributed by atoms with Crippen LogP contribution in [0.1, 0.15) is 28.7 Å². The van der Waals surface area contributed by atoms with Crippen LogP contribution in [0.5, 0.6) is 40.2 Å². The first kappa shape index (κ1) is 40.8. The molecule has 304 valence electrons. The van der Waals surface area contributed by atoms with E-state index in [1.54, 1.807) is 24.3 Å². The van der Waals surface area contributed by atoms with Gasteiger partial charge in [-0.05, 0) is 53.6 Å². The van der Waals surface area contributed by atoms with Gasteiger partial charge < -0.3 is 83.5 Å². The second-order valence-corrected chi connectivity index (χ2v) is 13.3. The zero-order chi connectivity index (χ0) is 40.3. The minimum Gasteiger partial charge on any atom is -0.504 e. The minimum atomic E-state index is -2.17. The van der Waals surface area contributed by atoms with Crippen LogP contribution in [0.15, 0.2) is 54.6 Å². The third-order valence-electron chi connectivity index (χ3n) is 9.77. The van der Waals surface area contributed by atoms with Crippen LogP contribution in [0.3, 0.4) is 0 Å². The van der Waals surface area contributed by atoms with Crippen LogP contribution in [0.2, 0.25) is 0 Å². The van der Waals surface area contributed by atoms with Gasteiger partial charge in [0.05, 0.1) is 47.1 Å². The van der Waals surface area contributed by atoms with Gasteiger partial charge in [0.15, 0.2) is 52.5 Å². The number of aliphatic hydroxyl groups excluding tert-OH is 5. The lowest BCUT2D eigenvalue weighted by Crippen LogP contribution is -2.62. The highest BCUT2D eigenvalue weighted by atomic mass is 16.8. The summed E-state index contributed by atoms with van der Waals surface area (Å²) in [4.78, 5) is 12.8. The van der Waals surface area contributed by atoms with Gasteiger partial charge in [0, 0.05) is 17.7 Å². The highest BCUT2D eigenvalue weighted by molar-refractivity contribution is 5.87. The van der Waals surface area contributed by atoms with Gasteiger partial charge in [-0.2, -0.15) is 0 Å². The van der Waals surface area contributed by atoms with Crippen molar-refractivity contribution in [3.63, 3.8) is 0 Å². The minimum absolute atomic E-state index is 0.0535. The molecule has 2 saturated heterocycles. The molecule has 3 aliphatic heterocycles. The van der Waals surface area contributed by atoms with Crippen LogP contribution in [0.25, 0.3) is 6.08 Å². The molecule has 0 aliphatic carbocycles. The van der Waals surface area contributed by atoms with Crippen molar-refractivity contribution >= 4 is 12.0 Å². The van der Waals surface area contributed by atoms with E-state index >= 15 is 0 Å². The number of benzene rings is 3. The molecule has 0 unspecified atom stereocenters. The molecule has 0 radical (unpaired) electrons. The highest BCUT2D eigenvalue weighted by Gasteiger charge is 2.54. The van der Waals surface area contributed by atoms with Crippen molar-refractivity contribution in [3.05, 3.63) is 71.3 Å². The molecular formula is C38H44O18. The molecule has 0 aromatic heterocycles. The molecule has 0 bridgehead atoms. The van der Waals surface area contributed by atoms with Crippen molar-refractivity contribution in [2.24, 2.45) is 0 Å². The van der Waals surface area contributed by atoms with Gasteiger partial charge in [-0.25, -0.2) is 4.79 Å². The number of carbonyl (C=O) groups excluding carboxylic acids is 1. The summed E-state index contributed by atoms with van der Waals surface area (Å²) in [5.74, 6) is -0.579. The van der Waals surface area contributed by atoms with Crippen LogP contribution < -0.4 is 23.7 Å². The Labute approximate surface area is 320 Å². The Hall–Kier alpha value is -4.89. The van der Waals surface area contributed by atoms with E-state index in [9.17, 15) is 45.6 Å². The summed E-state index contributed by atoms with van der Waals surface area (Å²) in [7, 11) is 4.18. The number of methoxy groups -OCH3 is 3. The second kappa shape index (κ2) is 17.1. The Morgan fingerprint density at radius 3 is 2.25 bits per heavy atom. The lowest BCUT2D eigenvalue weighted by Gasteiger charge is -2.42. The lowest BCUT2D eigenvalue weighted by molar-refractivity contribution is -0.318. The third kappa shape index (κ3) is 8.15. The Morgan fingerprint density at radius 2 is 1.57 bits per heavy atom. The first-order chi connectivity index (χ1) is 26.8. The maximum absolute atomic E-state index is 12.8. The fourth-order valence-corrected chi connectivity index (χ4v) is 6.65. The summed E-state index contributed by atoms with van der Waals surface area (Å²) in [6.07, 6.45) is -9.36. The molecule has 0 spiro atoms. The van der Waals surface area contributed by atoms with E-state index in [4.69, 9.17) is 42.6 Å². The first-order valence-electron chi connectivity index (χ1n) is 17.4. The molecule has 8 N–H and O–H groups in total. The molecule has 10 atom stereocenters. The Bertz CT molecular complexity index is 1890. The number of fused-ring (bicyclic) bond motifs is 1. The second-order valence-electron chi connectivity index (χ2n) is 13.3. The molecule has 18 heteroatoms. The number of hydrogen-bond acceptors (Lipinski definition) is 18. The van der Waals surface area contributed by atoms with E-state index < -0.39 is 86.5 Å². The van der Waals surface area contributed by atoms with Crippen LogP contribution >= 0.6 is 0 Å². The number of aromatic hydroxyl groups is 2. The number of ether oxygens (including phenoxy) is 9. The normalized spacial score (nSPS) is 29.8. The predicted molar refractivity (Wildman–Crippen MR) is 189 cm³/mol. The highest BCUT2D eigenvalue weighted by Crippen LogP contribution is 2.51. The Balaban J connectivity index is 1.10. The zero-order valence-electron chi connectivity index (χ0n) is 30.5. The van der Waals surface area contributed by atoms with Gasteiger partial charge in [0.2, 0.25) is 6.29 Å². The van der Waals surface area contributed by atoms with Gasteiger partial charge in [0.1, 0.15) is 42.9 Å². The SMILES string of the molecule is COc1cc(O[C@@H]2O[C@H](CO)[C@@H](O)[C@H](O)[C@H]2O[C@@H]2OC[C@](O)(COC(=O)/C=C/c3cc(OC)c4c(c3)[C@@H](CO)[C@H](c3ccc(O)c(OC)c3)O4)[C@H]2O)ccc1O. The maximum atomic E-state index is 12.8. The molecule has 18 nitrogen and oxygen atoms in total. The van der Waals surface area contributed by atoms with Crippen LogP contribution in [0, 0.1) is 0 Å². The van der Waals surface area contributed by atoms with E-state index in [1.807, 2.05) is 0 Å². The average molecular weight is 789 g/mol. The quantitative estimate of drug-likeness (QED) is 0.0804. The summed E-state index contributed by atoms with van der Waals surface area (Å²) >= 11 is 0. The number of hydrogen-bond donors (Lipinski definition) is 8. The van der Waals surface area contributed by atoms with E-state index in [2.05, 4.69) is 0 Å². The maximum Gasteiger partial charge on any atom is 0.330 e. The molecule has 3 heterocycles. The van der Waals surface area contributed by atoms with Crippen molar-refractivity contribution < 1.29 is 88.3 Å². The van der Waals surface area contributed by atoms with E-state index in [0.29, 0.717) is 28.2 Å². The van der Waals surface area contributed by atoms with E-state index in [-0.39, 0.29) is 35.4 Å². The molecule has 6 rings (SSSR count). The zero-order valence-corrected chi connectivity index (χ0v) is 30.5. The lowest BCUT2D eigenvalue weighted by atomic mass is 9.90. The molecule has 3 aromatic rings. The van der Waals surface area contributed by atoms with Crippen molar-refractivity contribution in [1.82, 2.24) is 0 Å². The average Bonchev–Trinajstić information content (AvgIpc) is 3.72. The molecule has 0 amide bonds. The number of phenolic OH excluding ortho intramolecular Hbond substituents is 2. The monoisotopic (exact) mass is 788 g/mol. The smallest absolute Gasteiger partial charge is 0.330 e. The summed E-state index contributed by atoms with van der Waals surface area (Å²) in [6.45, 7) is -2.30. The predicted octanol–water partition coefficient (Wildman–Crippen LogP) is 0.241. The molecule has 3 aromatic carbocycles. The number of carbonyl (C=O) groups is 1. The van der Waals surface area contributed by atoms with E-state index in [1.165, 1.54) is 51.7 Å². The van der Waals surface area contributed by atoms with Gasteiger partial charge in [-0.15, -0.1) is 0 Å². The van der Waals surface area contributed by atoms with Crippen molar-refractivity contribution in [2.75, 3.05) is 47.8 Å². The van der Waals surface area contributed by atoms with Gasteiger partial charge in [-0.3, -0.25) is 0 Å². The number of phenols is 2. The van der Waals surface area contributed by atoms with Gasteiger partial charge in [-0.1, -0.05) is 6.07 Å². The number of rotatable bonds is 14. The van der Waals surface area contributed by atoms with Crippen molar-refractivity contribution in [1.29, 1.82) is 0 Å². The molecule has 2 fully saturated rings. The number of esters is 1. The van der Waals surface area contributed by atoms with Gasteiger partial charge in [0.25, 0.3) is 0 Å². The fraction of sp³-hybridized carbons (Fsp3) is 0.447. The van der Waals surface area contributed by atoms with Crippen molar-refractivity contribution in [2.45, 2.75) is 60.7 Å². The molecule has 0 saturated carbocycles. The summed E-state index contributed by atoms with van der Waals surface area (Å²) in [5, 5.41) is 83.7. The van der Waals surface area contributed by atoms with Crippen LogP contribution in [-0.4, -0.2) is 143 Å². The van der Waals surface area contributed by atoms with Crippen LogP contribution in [-0.2, 0) is 23.7 Å². The number of aliphatic hydroxyl groups is 6. The molecule has 3 aliphatic rings. The summed E-state index contributed by atoms with van der Waals surface area (Å²) < 4.78 is 50.0. The third-order valence-corrected chi connectivity index (χ3v) is 9.77. The summed E-state index contributed by atoms with van der Waals surface area (Å²) in [5.41, 5.74) is -0.440. The topological polar surface area (TPSA) is 262 Å². The molecular weight excluding hydrogens is 744 g/mol. The molecule has 56 heavy (non-hydrogen) atoms. The largest absolute Gasteiger partial charge is 0.504 e. The Kier molecular flexibility index (Phi) is 12.4. The van der Waals surface area contributed by atoms with Gasteiger partial charge >= 0.3 is 5.97 Å². The standard InChI is InChI=1S/C38H44O18/c1-48-25-12-19(5-7-23(25)41)32-22(14-39)21-10-18(11-27(50-3)33(21)55-32)4-9-29(43)51-16-38(47)17-52-37(35(38)46)56-34-31(45)30(44)28(15-40)54-36(34)53-20-6-8-24(42)26(13-20)49-2/h4-13,22,28,30-32,34-37,39-42,44-47H,14-17H2,1-3H3/b9-4+/t22-,28-,30-,31+,32+,34-,35+,36-,37+,38-/m1/s1. The first-order valence-corrected chi connectivity index (χ1v) is 17.4. The van der Waals surface area contributed by atoms with Crippen molar-refractivity contribution in [3.8, 4) is 40.2 Å².